The zero-order valence-electron chi connectivity index (χ0n) is 3.88. The Kier molecular flexibility index (Phi) is 0.935. The highest BCUT2D eigenvalue weighted by Gasteiger charge is 1.92. The molecule has 0 saturated carbocycles. The van der Waals surface area contributed by atoms with Gasteiger partial charge in [-0.15, -0.1) is 6.42 Å². The summed E-state index contributed by atoms with van der Waals surface area (Å²) in [5, 5.41) is 0. The molecule has 0 fully saturated rings. The summed E-state index contributed by atoms with van der Waals surface area (Å²) in [6.07, 6.45) is 5.91. The van der Waals surface area contributed by atoms with Crippen LogP contribution in [0, 0.1) is 12.3 Å². The fraction of sp³-hybridized carbons (Fsp3) is 0. The molecular formula is C5H2O3. The lowest BCUT2D eigenvalue weighted by molar-refractivity contribution is 0.383. The molecule has 0 spiro atoms. The molecule has 40 valence electrons. The van der Waals surface area contributed by atoms with E-state index >= 15 is 0 Å². The summed E-state index contributed by atoms with van der Waals surface area (Å²) in [4.78, 5) is 10.0. The highest BCUT2D eigenvalue weighted by atomic mass is 16.6. The molecule has 1 aromatic heterocycles. The minimum absolute atomic E-state index is 0.120. The highest BCUT2D eigenvalue weighted by Crippen LogP contribution is 1.88. The number of terminal acetylenes is 1. The van der Waals surface area contributed by atoms with Gasteiger partial charge in [0.25, 0.3) is 0 Å². The van der Waals surface area contributed by atoms with Crippen LogP contribution < -0.4 is 5.82 Å². The molecule has 3 heteroatoms. The first-order chi connectivity index (χ1) is 3.83. The van der Waals surface area contributed by atoms with Crippen LogP contribution >= 0.6 is 0 Å². The van der Waals surface area contributed by atoms with Crippen molar-refractivity contribution in [3.63, 3.8) is 0 Å². The van der Waals surface area contributed by atoms with Crippen molar-refractivity contribution in [2.75, 3.05) is 0 Å². The van der Waals surface area contributed by atoms with Crippen LogP contribution in [-0.2, 0) is 0 Å². The van der Waals surface area contributed by atoms with Crippen LogP contribution in [0.1, 0.15) is 5.76 Å². The Morgan fingerprint density at radius 1 is 1.75 bits per heavy atom. The standard InChI is InChI=1S/C5H2O3/c1-2-4-3-7-5(6)8-4/h1,3H. The monoisotopic (exact) mass is 110 g/mol. The zero-order valence-corrected chi connectivity index (χ0v) is 3.88. The van der Waals surface area contributed by atoms with E-state index in [1.54, 1.807) is 0 Å². The Morgan fingerprint density at radius 3 is 2.75 bits per heavy atom. The molecule has 1 rings (SSSR count). The van der Waals surface area contributed by atoms with Crippen molar-refractivity contribution in [1.29, 1.82) is 0 Å². The fourth-order valence-electron chi connectivity index (χ4n) is 0.303. The fourth-order valence-corrected chi connectivity index (χ4v) is 0.303. The predicted octanol–water partition coefficient (Wildman–Crippen LogP) is 0.214. The van der Waals surface area contributed by atoms with Crippen LogP contribution in [0.3, 0.4) is 0 Å². The van der Waals surface area contributed by atoms with Gasteiger partial charge in [0.15, 0.2) is 0 Å². The SMILES string of the molecule is C#Cc1coc(=O)o1. The zero-order chi connectivity index (χ0) is 5.98. The number of rotatable bonds is 0. The summed E-state index contributed by atoms with van der Waals surface area (Å²) in [5.74, 6) is 1.44. The molecule has 0 aliphatic carbocycles. The molecule has 3 nitrogen and oxygen atoms in total. The summed E-state index contributed by atoms with van der Waals surface area (Å²) in [7, 11) is 0. The van der Waals surface area contributed by atoms with Gasteiger partial charge in [-0.2, -0.15) is 0 Å². The first-order valence-corrected chi connectivity index (χ1v) is 1.88. The third-order valence-electron chi connectivity index (χ3n) is 0.598. The summed E-state index contributed by atoms with van der Waals surface area (Å²) < 4.78 is 8.46. The van der Waals surface area contributed by atoms with Crippen LogP contribution in [-0.4, -0.2) is 0 Å². The van der Waals surface area contributed by atoms with Gasteiger partial charge in [0.2, 0.25) is 5.76 Å². The molecule has 0 N–H and O–H groups in total. The highest BCUT2D eigenvalue weighted by molar-refractivity contribution is 5.14. The molecule has 0 saturated heterocycles. The molecular weight excluding hydrogens is 108 g/mol. The van der Waals surface area contributed by atoms with Crippen LogP contribution in [0.4, 0.5) is 0 Å². The second kappa shape index (κ2) is 1.58. The van der Waals surface area contributed by atoms with Crippen molar-refractivity contribution in [2.24, 2.45) is 0 Å². The van der Waals surface area contributed by atoms with Crippen LogP contribution in [0.2, 0.25) is 0 Å². The van der Waals surface area contributed by atoms with Gasteiger partial charge in [-0.05, 0) is 5.92 Å². The Hall–Kier alpha value is -1.43. The van der Waals surface area contributed by atoms with Gasteiger partial charge in [0, 0.05) is 0 Å². The van der Waals surface area contributed by atoms with E-state index in [0.29, 0.717) is 0 Å². The molecule has 0 atom stereocenters. The van der Waals surface area contributed by atoms with Crippen molar-refractivity contribution < 1.29 is 8.83 Å². The van der Waals surface area contributed by atoms with Crippen molar-refractivity contribution in [2.45, 2.75) is 0 Å². The Morgan fingerprint density at radius 2 is 2.50 bits per heavy atom. The van der Waals surface area contributed by atoms with E-state index in [1.165, 1.54) is 0 Å². The molecule has 0 radical (unpaired) electrons. The molecule has 0 amide bonds. The van der Waals surface area contributed by atoms with Crippen molar-refractivity contribution in [3.8, 4) is 12.3 Å². The van der Waals surface area contributed by atoms with E-state index in [2.05, 4.69) is 14.8 Å². The maximum Gasteiger partial charge on any atom is 0.519 e. The Labute approximate surface area is 44.9 Å². The Balaban J connectivity index is 3.25. The van der Waals surface area contributed by atoms with E-state index < -0.39 is 5.82 Å². The number of hydrogen-bond acceptors (Lipinski definition) is 3. The van der Waals surface area contributed by atoms with Crippen molar-refractivity contribution >= 4 is 0 Å². The quantitative estimate of drug-likeness (QED) is 0.448. The summed E-state index contributed by atoms with van der Waals surface area (Å²) in [6, 6.07) is 0. The normalized spacial score (nSPS) is 8.38. The largest absolute Gasteiger partial charge is 0.519 e. The van der Waals surface area contributed by atoms with E-state index in [-0.39, 0.29) is 5.76 Å². The maximum absolute atomic E-state index is 10.0. The molecule has 0 aromatic carbocycles. The van der Waals surface area contributed by atoms with Crippen LogP contribution in [0.25, 0.3) is 0 Å². The lowest BCUT2D eigenvalue weighted by Gasteiger charge is -1.63. The summed E-state index contributed by atoms with van der Waals surface area (Å²) >= 11 is 0. The Bertz CT molecular complexity index is 260. The first-order valence-electron chi connectivity index (χ1n) is 1.88. The molecule has 1 aromatic rings. The average molecular weight is 110 g/mol. The van der Waals surface area contributed by atoms with Gasteiger partial charge in [0.1, 0.15) is 6.26 Å². The van der Waals surface area contributed by atoms with Gasteiger partial charge in [-0.3, -0.25) is 0 Å². The molecule has 0 unspecified atom stereocenters. The second-order valence-electron chi connectivity index (χ2n) is 1.10. The molecule has 0 bridgehead atoms. The first kappa shape index (κ1) is 4.72. The smallest absolute Gasteiger partial charge is 0.398 e. The van der Waals surface area contributed by atoms with E-state index in [4.69, 9.17) is 6.42 Å². The minimum Gasteiger partial charge on any atom is -0.398 e. The van der Waals surface area contributed by atoms with Gasteiger partial charge < -0.3 is 8.83 Å². The van der Waals surface area contributed by atoms with Gasteiger partial charge >= 0.3 is 5.82 Å². The third kappa shape index (κ3) is 0.636. The van der Waals surface area contributed by atoms with Crippen LogP contribution in [0.15, 0.2) is 19.9 Å². The maximum atomic E-state index is 10.0. The topological polar surface area (TPSA) is 43.4 Å². The molecule has 0 aliphatic heterocycles. The minimum atomic E-state index is -0.766. The summed E-state index contributed by atoms with van der Waals surface area (Å²) in [6.45, 7) is 0. The average Bonchev–Trinajstić information content (AvgIpc) is 2.14. The number of hydrogen-bond donors (Lipinski definition) is 0. The van der Waals surface area contributed by atoms with Gasteiger partial charge in [-0.1, -0.05) is 0 Å². The van der Waals surface area contributed by atoms with E-state index in [9.17, 15) is 4.79 Å². The van der Waals surface area contributed by atoms with Gasteiger partial charge in [-0.25, -0.2) is 4.79 Å². The van der Waals surface area contributed by atoms with Crippen molar-refractivity contribution in [3.05, 3.63) is 22.6 Å². The van der Waals surface area contributed by atoms with Crippen LogP contribution in [0.5, 0.6) is 0 Å². The van der Waals surface area contributed by atoms with E-state index in [1.807, 2.05) is 0 Å². The van der Waals surface area contributed by atoms with Gasteiger partial charge in [0.05, 0.1) is 0 Å². The van der Waals surface area contributed by atoms with E-state index in [0.717, 1.165) is 6.26 Å². The molecule has 0 aliphatic rings. The van der Waals surface area contributed by atoms with Crippen molar-refractivity contribution in [1.82, 2.24) is 0 Å². The molecule has 1 heterocycles. The lowest BCUT2D eigenvalue weighted by atomic mass is 10.6. The lowest BCUT2D eigenvalue weighted by Crippen LogP contribution is -1.84. The second-order valence-corrected chi connectivity index (χ2v) is 1.10. The third-order valence-corrected chi connectivity index (χ3v) is 0.598. The summed E-state index contributed by atoms with van der Waals surface area (Å²) in [5.41, 5.74) is 0. The predicted molar refractivity (Wildman–Crippen MR) is 25.2 cm³/mol. The molecule has 8 heavy (non-hydrogen) atoms.